The van der Waals surface area contributed by atoms with Crippen LogP contribution in [0.25, 0.3) is 180 Å². The van der Waals surface area contributed by atoms with E-state index in [1.807, 2.05) is 213 Å². The van der Waals surface area contributed by atoms with Crippen LogP contribution >= 0.6 is 11.6 Å². The number of fused-ring (bicyclic) bond motifs is 4. The minimum atomic E-state index is -1.33. The van der Waals surface area contributed by atoms with Crippen LogP contribution in [0.15, 0.2) is 292 Å². The SMILES string of the molecule is Cc1ccc(-c2nc(-c3ccccc3)[nH]c2-c2ccnc3[nH]ccc23)cc1C(=O)O.Cc1ccc(-c2nc(-c3ccccc3)[nH]c2-c2ccnc3[nH]ccc23)cc1C(=O)O.O=C(O)c1cc(-c2nc(-c3ccccc3)[nH]c2-c2ccnc3[nH]ccc23)ccc1Cl.O=C(O)c1cc(-c2nc(-c3ccccc3)[nH]c2-c2ccnc3[nH]ccc23)ccc1F. The lowest BCUT2D eigenvalue weighted by atomic mass is 9.99. The number of hydrogen-bond acceptors (Lipinski definition) is 12. The Morgan fingerprint density at radius 1 is 0.300 bits per heavy atom. The number of aryl methyl sites for hydroxylation is 2. The Morgan fingerprint density at radius 2 is 0.558 bits per heavy atom. The highest BCUT2D eigenvalue weighted by molar-refractivity contribution is 6.33. The van der Waals surface area contributed by atoms with Gasteiger partial charge in [-0.2, -0.15) is 0 Å². The number of hydrogen-bond donors (Lipinski definition) is 12. The standard InChI is InChI=1S/2C24H18N4O2.C23H15ClN4O2.C23H15FN4O2/c2*1-14-7-8-16(13-19(14)24(29)30)20-21(17-9-11-25-23-18(17)10-12-26-23)28-22(27-20)15-5-3-2-4-6-15;2*24-18-7-6-14(12-17(18)23(29)30)19-20(15-8-10-25-22-16(15)9-11-26-22)28-21(27-19)13-4-2-1-3-5-13/h2*2-13H,1H3,(H,25,26)(H,27,28)(H,29,30);2*1-12H,(H,25,26)(H,27,28)(H,29,30). The molecule has 0 radical (unpaired) electrons. The number of carboxylic acid groups (broad SMARTS) is 4. The third-order valence-electron chi connectivity index (χ3n) is 20.3. The van der Waals surface area contributed by atoms with Gasteiger partial charge in [-0.15, -0.1) is 0 Å². The lowest BCUT2D eigenvalue weighted by Gasteiger charge is -2.07. The Morgan fingerprint density at radius 3 is 0.842 bits per heavy atom. The van der Waals surface area contributed by atoms with Crippen molar-refractivity contribution in [2.75, 3.05) is 0 Å². The largest absolute Gasteiger partial charge is 0.478 e. The molecule has 584 valence electrons. The molecule has 26 heteroatoms. The number of aromatic carboxylic acids is 4. The van der Waals surface area contributed by atoms with E-state index in [9.17, 15) is 44.0 Å². The molecule has 0 aliphatic heterocycles. The van der Waals surface area contributed by atoms with Crippen LogP contribution in [-0.2, 0) is 0 Å². The van der Waals surface area contributed by atoms with Gasteiger partial charge in [0.2, 0.25) is 0 Å². The molecule has 0 atom stereocenters. The van der Waals surface area contributed by atoms with Gasteiger partial charge in [-0.05, 0) is 116 Å². The molecule has 0 unspecified atom stereocenters. The zero-order chi connectivity index (χ0) is 82.7. The molecule has 12 aromatic heterocycles. The van der Waals surface area contributed by atoms with Gasteiger partial charge >= 0.3 is 23.9 Å². The molecule has 0 fully saturated rings. The molecule has 120 heavy (non-hydrogen) atoms. The summed E-state index contributed by atoms with van der Waals surface area (Å²) < 4.78 is 14.0. The number of aromatic nitrogens is 16. The van der Waals surface area contributed by atoms with Crippen molar-refractivity contribution in [3.8, 4) is 136 Å². The number of nitrogens with zero attached hydrogens (tertiary/aromatic N) is 8. The van der Waals surface area contributed by atoms with Crippen molar-refractivity contribution < 1.29 is 44.0 Å². The summed E-state index contributed by atoms with van der Waals surface area (Å²) in [5, 5.41) is 41.9. The molecule has 0 aliphatic carbocycles. The normalized spacial score (nSPS) is 11.1. The number of H-pyrrole nitrogens is 8. The van der Waals surface area contributed by atoms with Crippen LogP contribution in [0.2, 0.25) is 5.02 Å². The Hall–Kier alpha value is -16.5. The minimum absolute atomic E-state index is 0.0332. The van der Waals surface area contributed by atoms with E-state index in [1.165, 1.54) is 12.1 Å². The zero-order valence-corrected chi connectivity index (χ0v) is 64.2. The van der Waals surface area contributed by atoms with Crippen molar-refractivity contribution in [3.05, 3.63) is 336 Å². The first kappa shape index (κ1) is 76.1. The minimum Gasteiger partial charge on any atom is -0.478 e. The second-order valence-electron chi connectivity index (χ2n) is 27.8. The maximum atomic E-state index is 14.0. The second-order valence-corrected chi connectivity index (χ2v) is 28.2. The molecule has 8 aromatic carbocycles. The quantitative estimate of drug-likeness (QED) is 0.0427. The van der Waals surface area contributed by atoms with E-state index in [1.54, 1.807) is 75.2 Å². The van der Waals surface area contributed by atoms with Gasteiger partial charge in [0, 0.05) is 138 Å². The number of benzene rings is 8. The smallest absolute Gasteiger partial charge is 0.338 e. The van der Waals surface area contributed by atoms with Crippen molar-refractivity contribution in [2.24, 2.45) is 0 Å². The fraction of sp³-hybridized carbons (Fsp3) is 0.0213. The third kappa shape index (κ3) is 15.2. The molecule has 0 saturated heterocycles. The summed E-state index contributed by atoms with van der Waals surface area (Å²) in [4.78, 5) is 109. The lowest BCUT2D eigenvalue weighted by molar-refractivity contribution is 0.0682. The van der Waals surface area contributed by atoms with Crippen molar-refractivity contribution in [1.29, 1.82) is 0 Å². The fourth-order valence-corrected chi connectivity index (χ4v) is 14.6. The summed E-state index contributed by atoms with van der Waals surface area (Å²) >= 11 is 6.08. The first-order valence-corrected chi connectivity index (χ1v) is 37.9. The Balaban J connectivity index is 0.000000114. The molecule has 12 heterocycles. The van der Waals surface area contributed by atoms with E-state index in [0.29, 0.717) is 62.4 Å². The number of carbonyl (C=O) groups is 4. The van der Waals surface area contributed by atoms with Gasteiger partial charge in [-0.25, -0.2) is 63.4 Å². The summed E-state index contributed by atoms with van der Waals surface area (Å²) in [7, 11) is 0. The molecule has 12 N–H and O–H groups in total. The van der Waals surface area contributed by atoms with Crippen LogP contribution in [0.1, 0.15) is 52.6 Å². The summed E-state index contributed by atoms with van der Waals surface area (Å²) in [6.07, 6.45) is 14.3. The van der Waals surface area contributed by atoms with Gasteiger partial charge < -0.3 is 60.3 Å². The van der Waals surface area contributed by atoms with Gasteiger partial charge in [0.25, 0.3) is 0 Å². The molecule has 20 rings (SSSR count). The maximum absolute atomic E-state index is 14.0. The fourth-order valence-electron chi connectivity index (χ4n) is 14.4. The topological polar surface area (TPSA) is 379 Å². The monoisotopic (exact) mass is 1600 g/mol. The van der Waals surface area contributed by atoms with Crippen molar-refractivity contribution in [2.45, 2.75) is 13.8 Å². The van der Waals surface area contributed by atoms with Crippen LogP contribution in [0.5, 0.6) is 0 Å². The summed E-state index contributed by atoms with van der Waals surface area (Å²) in [5.74, 6) is -2.35. The highest BCUT2D eigenvalue weighted by Gasteiger charge is 2.26. The average Bonchev–Trinajstić information content (AvgIpc) is 1.62. The summed E-state index contributed by atoms with van der Waals surface area (Å²) in [6, 6.07) is 74.3. The van der Waals surface area contributed by atoms with Crippen LogP contribution in [0.4, 0.5) is 4.39 Å². The average molecular weight is 1600 g/mol. The van der Waals surface area contributed by atoms with Gasteiger partial charge in [0.05, 0.1) is 72.8 Å². The zero-order valence-electron chi connectivity index (χ0n) is 63.5. The number of halogens is 2. The summed E-state index contributed by atoms with van der Waals surface area (Å²) in [5.41, 5.74) is 20.4. The maximum Gasteiger partial charge on any atom is 0.338 e. The first-order valence-electron chi connectivity index (χ1n) is 37.5. The first-order chi connectivity index (χ1) is 58.5. The van der Waals surface area contributed by atoms with Crippen LogP contribution < -0.4 is 0 Å². The van der Waals surface area contributed by atoms with E-state index in [-0.39, 0.29) is 21.7 Å². The summed E-state index contributed by atoms with van der Waals surface area (Å²) in [6.45, 7) is 3.58. The Bertz CT molecular complexity index is 6410. The molecule has 24 nitrogen and oxygen atoms in total. The highest BCUT2D eigenvalue weighted by Crippen LogP contribution is 2.43. The lowest BCUT2D eigenvalue weighted by Crippen LogP contribution is -2.00. The van der Waals surface area contributed by atoms with E-state index in [0.717, 1.165) is 135 Å². The Kier molecular flexibility index (Phi) is 20.8. The number of pyridine rings is 4. The number of carboxylic acids is 4. The predicted molar refractivity (Wildman–Crippen MR) is 460 cm³/mol. The molecule has 0 spiro atoms. The molecular formula is C94H66ClFN16O8. The van der Waals surface area contributed by atoms with E-state index in [2.05, 4.69) is 59.8 Å². The molecule has 0 saturated carbocycles. The molecule has 20 aromatic rings. The third-order valence-corrected chi connectivity index (χ3v) is 20.7. The Labute approximate surface area is 685 Å². The van der Waals surface area contributed by atoms with E-state index in [4.69, 9.17) is 31.5 Å². The predicted octanol–water partition coefficient (Wildman–Crippen LogP) is 21.4. The van der Waals surface area contributed by atoms with Gasteiger partial charge in [-0.1, -0.05) is 163 Å². The molecule has 0 bridgehead atoms. The highest BCUT2D eigenvalue weighted by atomic mass is 35.5. The molecule has 0 aliphatic rings. The van der Waals surface area contributed by atoms with Crippen molar-refractivity contribution >= 4 is 79.6 Å². The van der Waals surface area contributed by atoms with Crippen LogP contribution in [0.3, 0.4) is 0 Å². The number of nitrogens with one attached hydrogen (secondary N) is 8. The van der Waals surface area contributed by atoms with E-state index >= 15 is 0 Å². The van der Waals surface area contributed by atoms with Gasteiger partial charge in [0.15, 0.2) is 0 Å². The number of imidazole rings is 4. The van der Waals surface area contributed by atoms with Crippen molar-refractivity contribution in [3.63, 3.8) is 0 Å². The second kappa shape index (κ2) is 32.7. The van der Waals surface area contributed by atoms with Crippen LogP contribution in [-0.4, -0.2) is 124 Å². The van der Waals surface area contributed by atoms with Gasteiger partial charge in [0.1, 0.15) is 51.7 Å². The molecule has 0 amide bonds. The van der Waals surface area contributed by atoms with Crippen molar-refractivity contribution in [1.82, 2.24) is 79.7 Å². The van der Waals surface area contributed by atoms with E-state index < -0.39 is 35.3 Å². The number of rotatable bonds is 16. The number of aromatic amines is 8. The van der Waals surface area contributed by atoms with Crippen LogP contribution in [0, 0.1) is 19.7 Å². The van der Waals surface area contributed by atoms with Gasteiger partial charge in [-0.3, -0.25) is 0 Å². The molecular weight excluding hydrogens is 1540 g/mol.